The molecule has 0 aliphatic heterocycles. The highest BCUT2D eigenvalue weighted by molar-refractivity contribution is 5.81. The Morgan fingerprint density at radius 1 is 1.38 bits per heavy atom. The number of hydrogen-bond acceptors (Lipinski definition) is 2. The number of hydrogen-bond donors (Lipinski definition) is 2. The molecule has 1 rings (SSSR count). The normalized spacial score (nSPS) is 11.0. The van der Waals surface area contributed by atoms with E-state index in [-0.39, 0.29) is 0 Å². The van der Waals surface area contributed by atoms with Crippen molar-refractivity contribution in [2.45, 2.75) is 6.92 Å². The third kappa shape index (κ3) is 3.42. The standard InChI is InChI=1S/C10H11NO2/c1-8(7-10(12)13)11-9-5-3-2-4-6-9/h2-7,11H,1H3,(H,12,13). The van der Waals surface area contributed by atoms with E-state index in [9.17, 15) is 4.79 Å². The van der Waals surface area contributed by atoms with E-state index in [1.165, 1.54) is 0 Å². The summed E-state index contributed by atoms with van der Waals surface area (Å²) in [6.45, 7) is 1.71. The van der Waals surface area contributed by atoms with E-state index < -0.39 is 5.97 Å². The summed E-state index contributed by atoms with van der Waals surface area (Å²) < 4.78 is 0. The van der Waals surface area contributed by atoms with Gasteiger partial charge in [-0.3, -0.25) is 0 Å². The molecule has 0 bridgehead atoms. The highest BCUT2D eigenvalue weighted by Crippen LogP contribution is 2.07. The predicted molar refractivity (Wildman–Crippen MR) is 51.5 cm³/mol. The summed E-state index contributed by atoms with van der Waals surface area (Å²) >= 11 is 0. The molecule has 0 radical (unpaired) electrons. The lowest BCUT2D eigenvalue weighted by Gasteiger charge is -2.04. The molecule has 0 atom stereocenters. The van der Waals surface area contributed by atoms with E-state index in [2.05, 4.69) is 5.32 Å². The van der Waals surface area contributed by atoms with Crippen LogP contribution in [0.25, 0.3) is 0 Å². The molecule has 2 N–H and O–H groups in total. The smallest absolute Gasteiger partial charge is 0.330 e. The van der Waals surface area contributed by atoms with Crippen molar-refractivity contribution in [2.24, 2.45) is 0 Å². The van der Waals surface area contributed by atoms with Gasteiger partial charge in [0.25, 0.3) is 0 Å². The molecule has 0 amide bonds. The van der Waals surface area contributed by atoms with Gasteiger partial charge in [0.1, 0.15) is 0 Å². The van der Waals surface area contributed by atoms with Gasteiger partial charge in [-0.05, 0) is 19.1 Å². The number of para-hydroxylation sites is 1. The third-order valence-corrected chi connectivity index (χ3v) is 1.46. The quantitative estimate of drug-likeness (QED) is 0.695. The van der Waals surface area contributed by atoms with Crippen molar-refractivity contribution in [3.8, 4) is 0 Å². The van der Waals surface area contributed by atoms with Crippen LogP contribution in [0.1, 0.15) is 6.92 Å². The molecular formula is C10H11NO2. The first-order chi connectivity index (χ1) is 6.18. The number of anilines is 1. The zero-order valence-corrected chi connectivity index (χ0v) is 7.32. The minimum Gasteiger partial charge on any atom is -0.478 e. The van der Waals surface area contributed by atoms with Gasteiger partial charge in [0, 0.05) is 17.5 Å². The molecule has 0 fully saturated rings. The second-order valence-electron chi connectivity index (χ2n) is 2.66. The first-order valence-electron chi connectivity index (χ1n) is 3.92. The van der Waals surface area contributed by atoms with E-state index in [4.69, 9.17) is 5.11 Å². The zero-order valence-electron chi connectivity index (χ0n) is 7.32. The van der Waals surface area contributed by atoms with Crippen molar-refractivity contribution in [1.29, 1.82) is 0 Å². The Morgan fingerprint density at radius 2 is 2.00 bits per heavy atom. The Labute approximate surface area is 76.7 Å². The maximum atomic E-state index is 10.3. The minimum atomic E-state index is -0.944. The molecule has 13 heavy (non-hydrogen) atoms. The highest BCUT2D eigenvalue weighted by atomic mass is 16.4. The fourth-order valence-corrected chi connectivity index (χ4v) is 0.970. The van der Waals surface area contributed by atoms with Gasteiger partial charge in [-0.15, -0.1) is 0 Å². The number of carbonyl (C=O) groups is 1. The van der Waals surface area contributed by atoms with Crippen LogP contribution in [0, 0.1) is 0 Å². The third-order valence-electron chi connectivity index (χ3n) is 1.46. The van der Waals surface area contributed by atoms with Gasteiger partial charge in [0.2, 0.25) is 0 Å². The number of nitrogens with one attached hydrogen (secondary N) is 1. The van der Waals surface area contributed by atoms with Crippen LogP contribution in [-0.4, -0.2) is 11.1 Å². The second kappa shape index (κ2) is 4.30. The average molecular weight is 177 g/mol. The van der Waals surface area contributed by atoms with E-state index in [0.29, 0.717) is 5.70 Å². The van der Waals surface area contributed by atoms with Crippen LogP contribution in [0.4, 0.5) is 5.69 Å². The first kappa shape index (κ1) is 9.32. The van der Waals surface area contributed by atoms with Crippen LogP contribution >= 0.6 is 0 Å². The van der Waals surface area contributed by atoms with Gasteiger partial charge in [0.05, 0.1) is 0 Å². The van der Waals surface area contributed by atoms with Crippen LogP contribution in [-0.2, 0) is 4.79 Å². The van der Waals surface area contributed by atoms with Gasteiger partial charge in [-0.1, -0.05) is 18.2 Å². The maximum Gasteiger partial charge on any atom is 0.330 e. The molecular weight excluding hydrogens is 166 g/mol. The van der Waals surface area contributed by atoms with Crippen LogP contribution in [0.2, 0.25) is 0 Å². The summed E-state index contributed by atoms with van der Waals surface area (Å²) in [5.41, 5.74) is 1.50. The SMILES string of the molecule is CC(=CC(=O)O)Nc1ccccc1. The molecule has 1 aromatic carbocycles. The fraction of sp³-hybridized carbons (Fsp3) is 0.100. The molecule has 0 aliphatic carbocycles. The summed E-state index contributed by atoms with van der Waals surface area (Å²) in [5, 5.41) is 11.4. The lowest BCUT2D eigenvalue weighted by Crippen LogP contribution is -1.99. The number of rotatable bonds is 3. The number of carboxylic acid groups (broad SMARTS) is 1. The van der Waals surface area contributed by atoms with Crippen molar-refractivity contribution < 1.29 is 9.90 Å². The van der Waals surface area contributed by atoms with E-state index in [1.807, 2.05) is 30.3 Å². The topological polar surface area (TPSA) is 49.3 Å². The van der Waals surface area contributed by atoms with E-state index in [0.717, 1.165) is 11.8 Å². The van der Waals surface area contributed by atoms with E-state index in [1.54, 1.807) is 6.92 Å². The monoisotopic (exact) mass is 177 g/mol. The Kier molecular flexibility index (Phi) is 3.09. The van der Waals surface area contributed by atoms with Gasteiger partial charge in [0.15, 0.2) is 0 Å². The molecule has 0 unspecified atom stereocenters. The molecule has 3 heteroatoms. The molecule has 0 heterocycles. The molecule has 0 aromatic heterocycles. The molecule has 0 saturated carbocycles. The van der Waals surface area contributed by atoms with Crippen molar-refractivity contribution in [3.05, 3.63) is 42.1 Å². The second-order valence-corrected chi connectivity index (χ2v) is 2.66. The largest absolute Gasteiger partial charge is 0.478 e. The van der Waals surface area contributed by atoms with Gasteiger partial charge < -0.3 is 10.4 Å². The summed E-state index contributed by atoms with van der Waals surface area (Å²) in [6, 6.07) is 9.42. The lowest BCUT2D eigenvalue weighted by molar-refractivity contribution is -0.131. The summed E-state index contributed by atoms with van der Waals surface area (Å²) in [7, 11) is 0. The van der Waals surface area contributed by atoms with Crippen molar-refractivity contribution in [2.75, 3.05) is 5.32 Å². The van der Waals surface area contributed by atoms with Crippen molar-refractivity contribution in [3.63, 3.8) is 0 Å². The maximum absolute atomic E-state index is 10.3. The Bertz CT molecular complexity index is 317. The highest BCUT2D eigenvalue weighted by Gasteiger charge is 1.93. The summed E-state index contributed by atoms with van der Waals surface area (Å²) in [5.74, 6) is -0.944. The first-order valence-corrected chi connectivity index (χ1v) is 3.92. The van der Waals surface area contributed by atoms with Crippen LogP contribution in [0.5, 0.6) is 0 Å². The zero-order chi connectivity index (χ0) is 9.68. The van der Waals surface area contributed by atoms with Crippen LogP contribution in [0.15, 0.2) is 42.1 Å². The fourth-order valence-electron chi connectivity index (χ4n) is 0.970. The van der Waals surface area contributed by atoms with Gasteiger partial charge >= 0.3 is 5.97 Å². The van der Waals surface area contributed by atoms with Crippen LogP contribution in [0.3, 0.4) is 0 Å². The number of benzene rings is 1. The van der Waals surface area contributed by atoms with Gasteiger partial charge in [-0.2, -0.15) is 0 Å². The predicted octanol–water partition coefficient (Wildman–Crippen LogP) is 2.09. The van der Waals surface area contributed by atoms with Crippen molar-refractivity contribution in [1.82, 2.24) is 0 Å². The molecule has 0 aliphatic rings. The van der Waals surface area contributed by atoms with Crippen LogP contribution < -0.4 is 5.32 Å². The number of carboxylic acids is 1. The number of allylic oxidation sites excluding steroid dienone is 1. The minimum absolute atomic E-state index is 0.610. The lowest BCUT2D eigenvalue weighted by atomic mass is 10.3. The number of aliphatic carboxylic acids is 1. The van der Waals surface area contributed by atoms with Gasteiger partial charge in [-0.25, -0.2) is 4.79 Å². The molecule has 68 valence electrons. The Balaban J connectivity index is 2.65. The summed E-state index contributed by atoms with van der Waals surface area (Å²) in [6.07, 6.45) is 1.13. The van der Waals surface area contributed by atoms with Crippen molar-refractivity contribution >= 4 is 11.7 Å². The molecule has 1 aromatic rings. The molecule has 0 saturated heterocycles. The molecule has 3 nitrogen and oxygen atoms in total. The Hall–Kier alpha value is -1.77. The Morgan fingerprint density at radius 3 is 2.54 bits per heavy atom. The molecule has 0 spiro atoms. The summed E-state index contributed by atoms with van der Waals surface area (Å²) in [4.78, 5) is 10.3. The average Bonchev–Trinajstić information content (AvgIpc) is 2.04. The van der Waals surface area contributed by atoms with E-state index >= 15 is 0 Å².